The molecule has 2 N–H and O–H groups in total. The number of rotatable bonds is 13. The monoisotopic (exact) mass is 684 g/mol. The third-order valence-corrected chi connectivity index (χ3v) is 9.54. The maximum absolute atomic E-state index is 13.1. The molecule has 6 rings (SSSR count). The normalized spacial score (nSPS) is 14.1. The van der Waals surface area contributed by atoms with Gasteiger partial charge in [0.05, 0.1) is 28.2 Å². The van der Waals surface area contributed by atoms with E-state index in [1.165, 1.54) is 16.3 Å². The van der Waals surface area contributed by atoms with Crippen molar-refractivity contribution in [1.82, 2.24) is 29.5 Å². The Bertz CT molecular complexity index is 1950. The van der Waals surface area contributed by atoms with Crippen LogP contribution in [0.2, 0.25) is 0 Å². The zero-order valence-electron chi connectivity index (χ0n) is 26.3. The molecule has 2 aromatic carbocycles. The zero-order valence-corrected chi connectivity index (χ0v) is 28.0. The van der Waals surface area contributed by atoms with E-state index in [0.717, 1.165) is 28.6 Å². The van der Waals surface area contributed by atoms with Gasteiger partial charge < -0.3 is 24.4 Å². The molecule has 5 aromatic rings. The van der Waals surface area contributed by atoms with Crippen LogP contribution in [0.4, 0.5) is 11.4 Å². The average molecular weight is 685 g/mol. The van der Waals surface area contributed by atoms with Crippen LogP contribution >= 0.6 is 23.5 Å². The molecule has 13 nitrogen and oxygen atoms in total. The molecule has 0 saturated carbocycles. The molecule has 4 heterocycles. The minimum Gasteiger partial charge on any atom is -0.500 e. The van der Waals surface area contributed by atoms with E-state index >= 15 is 0 Å². The van der Waals surface area contributed by atoms with Gasteiger partial charge in [-0.2, -0.15) is 0 Å². The number of nitrogens with zero attached hydrogens (tertiary/aromatic N) is 6. The van der Waals surface area contributed by atoms with Gasteiger partial charge in [-0.25, -0.2) is 4.57 Å². The van der Waals surface area contributed by atoms with Crippen LogP contribution in [0, 0.1) is 0 Å². The Kier molecular flexibility index (Phi) is 9.77. The number of ether oxygens (including phenoxy) is 1. The van der Waals surface area contributed by atoms with Crippen LogP contribution in [0.1, 0.15) is 32.5 Å². The summed E-state index contributed by atoms with van der Waals surface area (Å²) in [5.74, 6) is 1.20. The molecular formula is C33H32N8O5S2. The largest absolute Gasteiger partial charge is 0.500 e. The Balaban J connectivity index is 1.07. The second-order valence-corrected chi connectivity index (χ2v) is 13.7. The second-order valence-electron chi connectivity index (χ2n) is 11.2. The quantitative estimate of drug-likeness (QED) is 0.115. The van der Waals surface area contributed by atoms with Gasteiger partial charge in [0.2, 0.25) is 18.2 Å². The van der Waals surface area contributed by atoms with Crippen LogP contribution in [0.5, 0.6) is 0 Å². The van der Waals surface area contributed by atoms with Crippen LogP contribution in [0.15, 0.2) is 94.0 Å². The predicted molar refractivity (Wildman–Crippen MR) is 183 cm³/mol. The summed E-state index contributed by atoms with van der Waals surface area (Å²) in [4.78, 5) is 37.4. The Labute approximate surface area is 284 Å². The summed E-state index contributed by atoms with van der Waals surface area (Å²) in [7, 11) is 0. The fourth-order valence-electron chi connectivity index (χ4n) is 4.85. The highest BCUT2D eigenvalue weighted by molar-refractivity contribution is 8.01. The number of thioether (sulfide) groups is 2. The number of hydrogen-bond acceptors (Lipinski definition) is 11. The number of aromatic nitrogens is 6. The number of carbonyl (C=O) groups excluding carboxylic acids is 3. The highest BCUT2D eigenvalue weighted by Gasteiger charge is 2.32. The number of hydrogen-bond donors (Lipinski definition) is 2. The minimum absolute atomic E-state index is 0.0412. The van der Waals surface area contributed by atoms with Crippen LogP contribution in [0.25, 0.3) is 22.7 Å². The summed E-state index contributed by atoms with van der Waals surface area (Å²) in [6.45, 7) is 6.69. The van der Waals surface area contributed by atoms with Crippen molar-refractivity contribution in [2.45, 2.75) is 48.3 Å². The van der Waals surface area contributed by atoms with Crippen molar-refractivity contribution in [1.29, 1.82) is 0 Å². The fraction of sp³-hybridized carbons (Fsp3) is 0.242. The van der Waals surface area contributed by atoms with Crippen molar-refractivity contribution in [3.05, 3.63) is 85.1 Å². The van der Waals surface area contributed by atoms with Crippen molar-refractivity contribution < 1.29 is 23.5 Å². The van der Waals surface area contributed by atoms with E-state index in [1.54, 1.807) is 24.7 Å². The summed E-state index contributed by atoms with van der Waals surface area (Å²) >= 11 is 2.46. The van der Waals surface area contributed by atoms with Gasteiger partial charge in [0.25, 0.3) is 0 Å². The maximum Gasteiger partial charge on any atom is 0.240 e. The molecule has 48 heavy (non-hydrogen) atoms. The Morgan fingerprint density at radius 1 is 0.979 bits per heavy atom. The molecule has 0 saturated heterocycles. The zero-order chi connectivity index (χ0) is 33.7. The van der Waals surface area contributed by atoms with Gasteiger partial charge in [-0.05, 0) is 69.3 Å². The van der Waals surface area contributed by atoms with Gasteiger partial charge in [0, 0.05) is 23.5 Å². The lowest BCUT2D eigenvalue weighted by atomic mass is 10.1. The van der Waals surface area contributed by atoms with Crippen molar-refractivity contribution in [2.75, 3.05) is 23.0 Å². The number of furan rings is 1. The average Bonchev–Trinajstić information content (AvgIpc) is 3.91. The molecular weight excluding hydrogens is 653 g/mol. The molecule has 1 aliphatic rings. The standard InChI is InChI=1S/C33H32N8O5S2/c1-4-40-29(37-39-32(40)48-33(2,3)30(44)35-24-8-6-5-7-9-24)23-16-26(46-18-23)21-10-12-25(13-11-21)34-27(43)19-47-31-38-36-28(41(31)20-42)22-14-15-45-17-22/h5-16,18,20,22H,4,17,19H2,1-3H3,(H,34,43)(H,35,44). The molecule has 1 atom stereocenters. The first-order chi connectivity index (χ1) is 23.3. The van der Waals surface area contributed by atoms with E-state index in [-0.39, 0.29) is 23.5 Å². The maximum atomic E-state index is 13.1. The Morgan fingerprint density at radius 2 is 1.73 bits per heavy atom. The molecule has 2 amide bonds. The van der Waals surface area contributed by atoms with Crippen molar-refractivity contribution in [3.8, 4) is 22.7 Å². The molecule has 1 aliphatic heterocycles. The lowest BCUT2D eigenvalue weighted by molar-refractivity contribution is -0.117. The number of nitrogens with one attached hydrogen (secondary N) is 2. The second kappa shape index (κ2) is 14.3. The smallest absolute Gasteiger partial charge is 0.240 e. The molecule has 0 fully saturated rings. The first-order valence-corrected chi connectivity index (χ1v) is 16.8. The molecule has 1 unspecified atom stereocenters. The van der Waals surface area contributed by atoms with E-state index in [1.807, 2.05) is 79.9 Å². The van der Waals surface area contributed by atoms with Crippen molar-refractivity contribution in [2.24, 2.45) is 0 Å². The fourth-order valence-corrected chi connectivity index (χ4v) is 6.57. The Hall–Kier alpha value is -5.15. The molecule has 0 aliphatic carbocycles. The number of amides is 2. The van der Waals surface area contributed by atoms with Gasteiger partial charge >= 0.3 is 0 Å². The van der Waals surface area contributed by atoms with Gasteiger partial charge in [-0.15, -0.1) is 20.4 Å². The predicted octanol–water partition coefficient (Wildman–Crippen LogP) is 5.72. The molecule has 0 radical (unpaired) electrons. The number of para-hydroxylation sites is 1. The molecule has 246 valence electrons. The first kappa shape index (κ1) is 32.8. The van der Waals surface area contributed by atoms with E-state index < -0.39 is 4.75 Å². The molecule has 0 bridgehead atoms. The third-order valence-electron chi connectivity index (χ3n) is 7.41. The van der Waals surface area contributed by atoms with Crippen LogP contribution in [0.3, 0.4) is 0 Å². The SMILES string of the molecule is CCn1c(SC(C)(C)C(=O)Nc2ccccc2)nnc1-c1coc(-c2ccc(NC(=O)CSc3nnc(C4C=COC4)n3C=O)cc2)c1. The summed E-state index contributed by atoms with van der Waals surface area (Å²) < 4.78 is 13.6. The van der Waals surface area contributed by atoms with Crippen LogP contribution in [-0.4, -0.2) is 64.9 Å². The van der Waals surface area contributed by atoms with E-state index in [9.17, 15) is 14.4 Å². The molecule has 3 aromatic heterocycles. The van der Waals surface area contributed by atoms with Crippen LogP contribution in [-0.2, 0) is 25.7 Å². The summed E-state index contributed by atoms with van der Waals surface area (Å²) in [5.41, 5.74) is 2.89. The van der Waals surface area contributed by atoms with Gasteiger partial charge in [-0.3, -0.25) is 14.4 Å². The summed E-state index contributed by atoms with van der Waals surface area (Å²) in [6.07, 6.45) is 5.64. The van der Waals surface area contributed by atoms with Gasteiger partial charge in [0.15, 0.2) is 22.0 Å². The van der Waals surface area contributed by atoms with E-state index in [0.29, 0.717) is 53.0 Å². The molecule has 15 heteroatoms. The Morgan fingerprint density at radius 3 is 2.44 bits per heavy atom. The molecule has 0 spiro atoms. The highest BCUT2D eigenvalue weighted by atomic mass is 32.2. The lowest BCUT2D eigenvalue weighted by Crippen LogP contribution is -2.34. The van der Waals surface area contributed by atoms with Crippen LogP contribution < -0.4 is 10.6 Å². The summed E-state index contributed by atoms with van der Waals surface area (Å²) in [6, 6.07) is 18.5. The highest BCUT2D eigenvalue weighted by Crippen LogP contribution is 2.36. The van der Waals surface area contributed by atoms with E-state index in [2.05, 4.69) is 31.0 Å². The van der Waals surface area contributed by atoms with E-state index in [4.69, 9.17) is 9.15 Å². The number of anilines is 2. The number of carbonyl (C=O) groups is 3. The minimum atomic E-state index is -0.814. The first-order valence-electron chi connectivity index (χ1n) is 15.0. The lowest BCUT2D eigenvalue weighted by Gasteiger charge is -2.22. The van der Waals surface area contributed by atoms with Crippen molar-refractivity contribution in [3.63, 3.8) is 0 Å². The topological polar surface area (TPSA) is 159 Å². The third kappa shape index (κ3) is 7.21. The van der Waals surface area contributed by atoms with Crippen molar-refractivity contribution >= 4 is 53.1 Å². The van der Waals surface area contributed by atoms with Gasteiger partial charge in [0.1, 0.15) is 18.6 Å². The van der Waals surface area contributed by atoms with Gasteiger partial charge in [-0.1, -0.05) is 41.7 Å². The number of benzene rings is 2. The summed E-state index contributed by atoms with van der Waals surface area (Å²) in [5, 5.41) is 23.8.